The Balaban J connectivity index is 1.97. The molecule has 0 aliphatic carbocycles. The van der Waals surface area contributed by atoms with Crippen LogP contribution in [0.5, 0.6) is 0 Å². The van der Waals surface area contributed by atoms with E-state index in [9.17, 15) is 0 Å². The fourth-order valence-corrected chi connectivity index (χ4v) is 3.16. The number of anilines is 1. The Hall–Kier alpha value is -1.02. The number of benzene rings is 1. The molecule has 1 saturated heterocycles. The summed E-state index contributed by atoms with van der Waals surface area (Å²) in [5, 5.41) is 3.57. The van der Waals surface area contributed by atoms with Gasteiger partial charge in [-0.1, -0.05) is 45.4 Å². The lowest BCUT2D eigenvalue weighted by Crippen LogP contribution is -2.24. The number of rotatable bonds is 7. The molecule has 0 radical (unpaired) electrons. The number of nitrogens with zero attached hydrogens (tertiary/aromatic N) is 1. The van der Waals surface area contributed by atoms with Gasteiger partial charge in [0.05, 0.1) is 0 Å². The van der Waals surface area contributed by atoms with Crippen LogP contribution >= 0.6 is 0 Å². The lowest BCUT2D eigenvalue weighted by Gasteiger charge is -2.22. The van der Waals surface area contributed by atoms with Crippen LogP contribution in [0.3, 0.4) is 0 Å². The molecule has 1 aliphatic heterocycles. The zero-order valence-corrected chi connectivity index (χ0v) is 13.4. The zero-order chi connectivity index (χ0) is 14.4. The molecule has 1 aromatic carbocycles. The Morgan fingerprint density at radius 1 is 1.30 bits per heavy atom. The van der Waals surface area contributed by atoms with E-state index in [1.807, 2.05) is 0 Å². The Kier molecular flexibility index (Phi) is 5.90. The van der Waals surface area contributed by atoms with Crippen molar-refractivity contribution in [1.29, 1.82) is 0 Å². The quantitative estimate of drug-likeness (QED) is 0.806. The molecule has 1 atom stereocenters. The maximum atomic E-state index is 3.57. The summed E-state index contributed by atoms with van der Waals surface area (Å²) in [4.78, 5) is 2.59. The second kappa shape index (κ2) is 7.68. The maximum absolute atomic E-state index is 3.57. The largest absolute Gasteiger partial charge is 0.371 e. The van der Waals surface area contributed by atoms with Gasteiger partial charge < -0.3 is 10.2 Å². The number of hydrogen-bond donors (Lipinski definition) is 1. The van der Waals surface area contributed by atoms with Crippen LogP contribution in [0.15, 0.2) is 24.3 Å². The summed E-state index contributed by atoms with van der Waals surface area (Å²) in [6, 6.07) is 8.90. The number of nitrogens with one attached hydrogen (secondary N) is 1. The Morgan fingerprint density at radius 3 is 2.85 bits per heavy atom. The zero-order valence-electron chi connectivity index (χ0n) is 13.4. The fraction of sp³-hybridized carbons (Fsp3) is 0.667. The highest BCUT2D eigenvalue weighted by Crippen LogP contribution is 2.29. The van der Waals surface area contributed by atoms with Crippen LogP contribution in [0.1, 0.15) is 45.6 Å². The van der Waals surface area contributed by atoms with E-state index in [2.05, 4.69) is 55.3 Å². The Labute approximate surface area is 124 Å². The molecule has 2 heteroatoms. The van der Waals surface area contributed by atoms with Gasteiger partial charge in [0.2, 0.25) is 0 Å². The normalized spacial score (nSPS) is 19.0. The van der Waals surface area contributed by atoms with Gasteiger partial charge >= 0.3 is 0 Å². The van der Waals surface area contributed by atoms with E-state index < -0.39 is 0 Å². The highest BCUT2D eigenvalue weighted by Gasteiger charge is 2.23. The van der Waals surface area contributed by atoms with Gasteiger partial charge in [0.1, 0.15) is 0 Å². The van der Waals surface area contributed by atoms with Crippen LogP contribution < -0.4 is 10.2 Å². The standard InChI is InChI=1S/C18H30N2/c1-4-7-16-10-11-20(14-16)18-9-6-5-8-17(18)13-19-12-15(2)3/h5-6,8-9,15-16,19H,4,7,10-14H2,1-3H3. The summed E-state index contributed by atoms with van der Waals surface area (Å²) >= 11 is 0. The first kappa shape index (κ1) is 15.4. The average Bonchev–Trinajstić information content (AvgIpc) is 2.88. The summed E-state index contributed by atoms with van der Waals surface area (Å²) in [6.07, 6.45) is 4.06. The van der Waals surface area contributed by atoms with Crippen molar-refractivity contribution in [3.05, 3.63) is 29.8 Å². The molecule has 1 unspecified atom stereocenters. The van der Waals surface area contributed by atoms with Crippen LogP contribution in [0, 0.1) is 11.8 Å². The van der Waals surface area contributed by atoms with E-state index in [0.717, 1.165) is 19.0 Å². The van der Waals surface area contributed by atoms with Gasteiger partial charge in [-0.15, -0.1) is 0 Å². The molecule has 1 aromatic rings. The van der Waals surface area contributed by atoms with Crippen molar-refractivity contribution in [1.82, 2.24) is 5.32 Å². The highest BCUT2D eigenvalue weighted by atomic mass is 15.2. The molecule has 0 bridgehead atoms. The molecule has 1 aliphatic rings. The van der Waals surface area contributed by atoms with Gasteiger partial charge in [0.25, 0.3) is 0 Å². The highest BCUT2D eigenvalue weighted by molar-refractivity contribution is 5.54. The minimum atomic E-state index is 0.711. The van der Waals surface area contributed by atoms with E-state index in [1.165, 1.54) is 43.6 Å². The molecule has 0 spiro atoms. The maximum Gasteiger partial charge on any atom is 0.0411 e. The van der Waals surface area contributed by atoms with Crippen molar-refractivity contribution in [3.63, 3.8) is 0 Å². The third kappa shape index (κ3) is 4.24. The molecule has 112 valence electrons. The third-order valence-corrected chi connectivity index (χ3v) is 4.18. The van der Waals surface area contributed by atoms with Crippen LogP contribution in [0.25, 0.3) is 0 Å². The second-order valence-electron chi connectivity index (χ2n) is 6.54. The molecule has 20 heavy (non-hydrogen) atoms. The topological polar surface area (TPSA) is 15.3 Å². The van der Waals surface area contributed by atoms with E-state index in [0.29, 0.717) is 5.92 Å². The molecule has 0 amide bonds. The van der Waals surface area contributed by atoms with Gasteiger partial charge in [-0.25, -0.2) is 0 Å². The number of hydrogen-bond acceptors (Lipinski definition) is 2. The first-order valence-corrected chi connectivity index (χ1v) is 8.24. The smallest absolute Gasteiger partial charge is 0.0411 e. The summed E-state index contributed by atoms with van der Waals surface area (Å²) in [5.41, 5.74) is 2.90. The summed E-state index contributed by atoms with van der Waals surface area (Å²) in [6.45, 7) is 11.4. The van der Waals surface area contributed by atoms with E-state index in [-0.39, 0.29) is 0 Å². The Morgan fingerprint density at radius 2 is 2.10 bits per heavy atom. The van der Waals surface area contributed by atoms with Gasteiger partial charge in [-0.05, 0) is 42.9 Å². The van der Waals surface area contributed by atoms with Crippen molar-refractivity contribution < 1.29 is 0 Å². The van der Waals surface area contributed by atoms with E-state index >= 15 is 0 Å². The average molecular weight is 274 g/mol. The van der Waals surface area contributed by atoms with E-state index in [1.54, 1.807) is 0 Å². The fourth-order valence-electron chi connectivity index (χ4n) is 3.16. The predicted molar refractivity (Wildman–Crippen MR) is 88.2 cm³/mol. The summed E-state index contributed by atoms with van der Waals surface area (Å²) in [7, 11) is 0. The minimum absolute atomic E-state index is 0.711. The van der Waals surface area contributed by atoms with Crippen LogP contribution in [-0.2, 0) is 6.54 Å². The van der Waals surface area contributed by atoms with Gasteiger partial charge in [0, 0.05) is 25.3 Å². The molecule has 1 fully saturated rings. The van der Waals surface area contributed by atoms with Crippen molar-refractivity contribution in [2.45, 2.75) is 46.6 Å². The molecule has 0 saturated carbocycles. The van der Waals surface area contributed by atoms with Crippen LogP contribution in [-0.4, -0.2) is 19.6 Å². The predicted octanol–water partition coefficient (Wildman–Crippen LogP) is 4.06. The lowest BCUT2D eigenvalue weighted by atomic mass is 10.0. The summed E-state index contributed by atoms with van der Waals surface area (Å²) < 4.78 is 0. The van der Waals surface area contributed by atoms with Gasteiger partial charge in [-0.2, -0.15) is 0 Å². The summed E-state index contributed by atoms with van der Waals surface area (Å²) in [5.74, 6) is 1.61. The van der Waals surface area contributed by atoms with E-state index in [4.69, 9.17) is 0 Å². The monoisotopic (exact) mass is 274 g/mol. The van der Waals surface area contributed by atoms with Crippen molar-refractivity contribution in [2.75, 3.05) is 24.5 Å². The second-order valence-corrected chi connectivity index (χ2v) is 6.54. The molecule has 0 aromatic heterocycles. The third-order valence-electron chi connectivity index (χ3n) is 4.18. The van der Waals surface area contributed by atoms with Crippen LogP contribution in [0.4, 0.5) is 5.69 Å². The molecular weight excluding hydrogens is 244 g/mol. The number of para-hydroxylation sites is 1. The van der Waals surface area contributed by atoms with Crippen molar-refractivity contribution in [2.24, 2.45) is 11.8 Å². The first-order valence-electron chi connectivity index (χ1n) is 8.24. The molecular formula is C18H30N2. The molecule has 1 N–H and O–H groups in total. The Bertz CT molecular complexity index is 400. The first-order chi connectivity index (χ1) is 9.70. The van der Waals surface area contributed by atoms with Crippen LogP contribution in [0.2, 0.25) is 0 Å². The van der Waals surface area contributed by atoms with Gasteiger partial charge in [-0.3, -0.25) is 0 Å². The lowest BCUT2D eigenvalue weighted by molar-refractivity contribution is 0.529. The van der Waals surface area contributed by atoms with Crippen molar-refractivity contribution in [3.8, 4) is 0 Å². The minimum Gasteiger partial charge on any atom is -0.371 e. The molecule has 2 rings (SSSR count). The molecule has 1 heterocycles. The molecule has 2 nitrogen and oxygen atoms in total. The van der Waals surface area contributed by atoms with Gasteiger partial charge in [0.15, 0.2) is 0 Å². The van der Waals surface area contributed by atoms with Crippen molar-refractivity contribution >= 4 is 5.69 Å². The SMILES string of the molecule is CCCC1CCN(c2ccccc2CNCC(C)C)C1.